The monoisotopic (exact) mass is 450 g/mol. The Labute approximate surface area is 196 Å². The summed E-state index contributed by atoms with van der Waals surface area (Å²) in [6, 6.07) is 17.0. The minimum atomic E-state index is -0.416. The number of amides is 2. The molecule has 2 amide bonds. The molecule has 1 atom stereocenters. The van der Waals surface area contributed by atoms with Crippen LogP contribution in [0, 0.1) is 5.41 Å². The van der Waals surface area contributed by atoms with E-state index in [1.165, 1.54) is 6.42 Å². The lowest BCUT2D eigenvalue weighted by molar-refractivity contribution is -0.136. The number of para-hydroxylation sites is 2. The van der Waals surface area contributed by atoms with Crippen molar-refractivity contribution in [1.82, 2.24) is 9.80 Å². The Hall–Kier alpha value is -3.02. The summed E-state index contributed by atoms with van der Waals surface area (Å²) >= 11 is 0. The van der Waals surface area contributed by atoms with Crippen LogP contribution in [0.5, 0.6) is 11.5 Å². The molecule has 0 radical (unpaired) electrons. The number of rotatable bonds is 7. The summed E-state index contributed by atoms with van der Waals surface area (Å²) in [5.74, 6) is 1.48. The van der Waals surface area contributed by atoms with Gasteiger partial charge in [-0.05, 0) is 56.4 Å². The van der Waals surface area contributed by atoms with Crippen LogP contribution in [0.15, 0.2) is 54.6 Å². The zero-order valence-electron chi connectivity index (χ0n) is 19.5. The van der Waals surface area contributed by atoms with Gasteiger partial charge in [0.05, 0.1) is 19.3 Å². The molecular weight excluding hydrogens is 416 g/mol. The van der Waals surface area contributed by atoms with E-state index in [0.717, 1.165) is 44.5 Å². The molecule has 0 aliphatic carbocycles. The molecule has 2 aromatic rings. The van der Waals surface area contributed by atoms with E-state index < -0.39 is 5.41 Å². The normalized spacial score (nSPS) is 20.9. The van der Waals surface area contributed by atoms with Crippen molar-refractivity contribution in [3.05, 3.63) is 60.2 Å². The molecule has 6 nitrogen and oxygen atoms in total. The van der Waals surface area contributed by atoms with E-state index in [2.05, 4.69) is 0 Å². The molecule has 2 fully saturated rings. The maximum Gasteiger partial charge on any atom is 0.257 e. The van der Waals surface area contributed by atoms with Crippen molar-refractivity contribution in [3.8, 4) is 11.5 Å². The number of hydrogen-bond acceptors (Lipinski definition) is 4. The van der Waals surface area contributed by atoms with Gasteiger partial charge in [-0.25, -0.2) is 0 Å². The lowest BCUT2D eigenvalue weighted by atomic mass is 9.77. The van der Waals surface area contributed by atoms with E-state index in [4.69, 9.17) is 9.47 Å². The molecule has 2 saturated heterocycles. The van der Waals surface area contributed by atoms with Gasteiger partial charge < -0.3 is 19.3 Å². The molecule has 0 spiro atoms. The Balaban J connectivity index is 1.54. The summed E-state index contributed by atoms with van der Waals surface area (Å²) in [6.45, 7) is 3.24. The van der Waals surface area contributed by atoms with E-state index >= 15 is 0 Å². The molecule has 6 heteroatoms. The summed E-state index contributed by atoms with van der Waals surface area (Å²) in [7, 11) is 1.58. The van der Waals surface area contributed by atoms with Gasteiger partial charge in [-0.15, -0.1) is 0 Å². The smallest absolute Gasteiger partial charge is 0.257 e. The van der Waals surface area contributed by atoms with E-state index in [1.54, 1.807) is 13.2 Å². The van der Waals surface area contributed by atoms with Crippen LogP contribution in [0.2, 0.25) is 0 Å². The molecule has 33 heavy (non-hydrogen) atoms. The van der Waals surface area contributed by atoms with E-state index in [1.807, 2.05) is 58.3 Å². The lowest BCUT2D eigenvalue weighted by Crippen LogP contribution is -2.51. The number of likely N-dealkylation sites (tertiary alicyclic amines) is 2. The summed E-state index contributed by atoms with van der Waals surface area (Å²) in [5, 5.41) is 0. The van der Waals surface area contributed by atoms with E-state index in [0.29, 0.717) is 37.4 Å². The lowest BCUT2D eigenvalue weighted by Gasteiger charge is -2.43. The number of benzene rings is 2. The molecule has 0 bridgehead atoms. The largest absolute Gasteiger partial charge is 0.496 e. The number of methoxy groups -OCH3 is 1. The molecule has 0 unspecified atom stereocenters. The van der Waals surface area contributed by atoms with Crippen LogP contribution >= 0.6 is 0 Å². The Morgan fingerprint density at radius 3 is 2.33 bits per heavy atom. The Morgan fingerprint density at radius 2 is 1.58 bits per heavy atom. The first-order chi connectivity index (χ1) is 16.1. The van der Waals surface area contributed by atoms with Crippen molar-refractivity contribution < 1.29 is 19.1 Å². The van der Waals surface area contributed by atoms with Gasteiger partial charge in [0, 0.05) is 38.0 Å². The quantitative estimate of drug-likeness (QED) is 0.627. The van der Waals surface area contributed by atoms with Gasteiger partial charge >= 0.3 is 0 Å². The molecule has 2 aromatic carbocycles. The van der Waals surface area contributed by atoms with Gasteiger partial charge in [0.2, 0.25) is 5.91 Å². The Bertz CT molecular complexity index is 942. The fourth-order valence-corrected chi connectivity index (χ4v) is 5.02. The third-order valence-corrected chi connectivity index (χ3v) is 6.81. The molecule has 0 aromatic heterocycles. The third-order valence-electron chi connectivity index (χ3n) is 6.81. The predicted molar refractivity (Wildman–Crippen MR) is 128 cm³/mol. The van der Waals surface area contributed by atoms with Gasteiger partial charge in [0.1, 0.15) is 11.5 Å². The minimum absolute atomic E-state index is 0.0540. The Kier molecular flexibility index (Phi) is 7.53. The highest BCUT2D eigenvalue weighted by atomic mass is 16.5. The minimum Gasteiger partial charge on any atom is -0.496 e. The van der Waals surface area contributed by atoms with Gasteiger partial charge in [0.15, 0.2) is 0 Å². The summed E-state index contributed by atoms with van der Waals surface area (Å²) in [4.78, 5) is 30.6. The van der Waals surface area contributed by atoms with Crippen LogP contribution < -0.4 is 9.47 Å². The molecule has 4 rings (SSSR count). The first-order valence-corrected chi connectivity index (χ1v) is 12.0. The fourth-order valence-electron chi connectivity index (χ4n) is 5.02. The Morgan fingerprint density at radius 1 is 0.879 bits per heavy atom. The summed E-state index contributed by atoms with van der Waals surface area (Å²) < 4.78 is 11.6. The van der Waals surface area contributed by atoms with Gasteiger partial charge in [-0.3, -0.25) is 9.59 Å². The second kappa shape index (κ2) is 10.7. The molecule has 2 heterocycles. The number of carbonyl (C=O) groups excluding carboxylic acids is 2. The standard InChI is InChI=1S/C27H34N2O4/c1-32-24-14-7-6-13-23(24)26(31)29-18-10-15-27(20-29,21-33-22-11-4-2-5-12-22)19-25(30)28-16-8-3-9-17-28/h2,4-7,11-14H,3,8-10,15-21H2,1H3/t27-/m1/s1. The number of nitrogens with zero attached hydrogens (tertiary/aromatic N) is 2. The molecule has 0 saturated carbocycles. The third kappa shape index (κ3) is 5.67. The number of hydrogen-bond donors (Lipinski definition) is 0. The second-order valence-corrected chi connectivity index (χ2v) is 9.25. The predicted octanol–water partition coefficient (Wildman–Crippen LogP) is 4.40. The van der Waals surface area contributed by atoms with Gasteiger partial charge in [0.25, 0.3) is 5.91 Å². The average molecular weight is 451 g/mol. The van der Waals surface area contributed by atoms with Crippen molar-refractivity contribution in [2.75, 3.05) is 39.9 Å². The first-order valence-electron chi connectivity index (χ1n) is 12.0. The van der Waals surface area contributed by atoms with Crippen molar-refractivity contribution in [2.45, 2.75) is 38.5 Å². The maximum atomic E-state index is 13.4. The van der Waals surface area contributed by atoms with Crippen LogP contribution in [0.4, 0.5) is 0 Å². The number of piperidine rings is 2. The molecule has 176 valence electrons. The first kappa shape index (κ1) is 23.1. The van der Waals surface area contributed by atoms with E-state index in [-0.39, 0.29) is 11.8 Å². The molecule has 2 aliphatic heterocycles. The number of carbonyl (C=O) groups is 2. The maximum absolute atomic E-state index is 13.4. The highest BCUT2D eigenvalue weighted by Crippen LogP contribution is 2.36. The van der Waals surface area contributed by atoms with Crippen LogP contribution in [0.3, 0.4) is 0 Å². The number of ether oxygens (including phenoxy) is 2. The summed E-state index contributed by atoms with van der Waals surface area (Å²) in [5.41, 5.74) is 0.141. The summed E-state index contributed by atoms with van der Waals surface area (Å²) in [6.07, 6.45) is 5.42. The van der Waals surface area contributed by atoms with Crippen molar-refractivity contribution in [2.24, 2.45) is 5.41 Å². The zero-order chi connectivity index (χ0) is 23.1. The van der Waals surface area contributed by atoms with E-state index in [9.17, 15) is 9.59 Å². The van der Waals surface area contributed by atoms with Crippen LogP contribution in [0.25, 0.3) is 0 Å². The topological polar surface area (TPSA) is 59.1 Å². The van der Waals surface area contributed by atoms with Crippen LogP contribution in [-0.4, -0.2) is 61.5 Å². The highest BCUT2D eigenvalue weighted by molar-refractivity contribution is 5.97. The van der Waals surface area contributed by atoms with Gasteiger partial charge in [-0.2, -0.15) is 0 Å². The molecule has 0 N–H and O–H groups in total. The van der Waals surface area contributed by atoms with Crippen LogP contribution in [0.1, 0.15) is 48.9 Å². The van der Waals surface area contributed by atoms with Crippen molar-refractivity contribution >= 4 is 11.8 Å². The molecule has 2 aliphatic rings. The molecular formula is C27H34N2O4. The van der Waals surface area contributed by atoms with Crippen LogP contribution in [-0.2, 0) is 4.79 Å². The van der Waals surface area contributed by atoms with Crippen molar-refractivity contribution in [1.29, 1.82) is 0 Å². The zero-order valence-corrected chi connectivity index (χ0v) is 19.5. The fraction of sp³-hybridized carbons (Fsp3) is 0.481. The van der Waals surface area contributed by atoms with Crippen molar-refractivity contribution in [3.63, 3.8) is 0 Å². The second-order valence-electron chi connectivity index (χ2n) is 9.25. The van der Waals surface area contributed by atoms with Gasteiger partial charge in [-0.1, -0.05) is 30.3 Å². The SMILES string of the molecule is COc1ccccc1C(=O)N1CCC[C@@](COc2ccccc2)(CC(=O)N2CCCCC2)C1. The highest BCUT2D eigenvalue weighted by Gasteiger charge is 2.41. The average Bonchev–Trinajstić information content (AvgIpc) is 2.88.